The topological polar surface area (TPSA) is 50.4 Å². The fourth-order valence-corrected chi connectivity index (χ4v) is 1.77. The van der Waals surface area contributed by atoms with E-state index in [1.165, 1.54) is 0 Å². The van der Waals surface area contributed by atoms with Crippen molar-refractivity contribution in [1.29, 1.82) is 0 Å². The van der Waals surface area contributed by atoms with E-state index in [0.717, 1.165) is 0 Å². The Balaban J connectivity index is 0.00000361. The highest BCUT2D eigenvalue weighted by atomic mass is 35.5. The summed E-state index contributed by atoms with van der Waals surface area (Å²) in [5.41, 5.74) is 0. The van der Waals surface area contributed by atoms with Crippen LogP contribution >= 0.6 is 35.6 Å². The maximum Gasteiger partial charge on any atom is 0.260 e. The van der Waals surface area contributed by atoms with Gasteiger partial charge in [0.1, 0.15) is 5.75 Å². The minimum Gasteiger partial charge on any atom is -0.479 e. The minimum absolute atomic E-state index is 0. The van der Waals surface area contributed by atoms with Gasteiger partial charge in [0.05, 0.1) is 5.02 Å². The number of carbonyl (C=O) groups is 1. The van der Waals surface area contributed by atoms with Crippen LogP contribution < -0.4 is 15.4 Å². The molecule has 7 heteroatoms. The molecule has 0 saturated heterocycles. The third kappa shape index (κ3) is 6.18. The molecule has 0 fully saturated rings. The molecule has 4 nitrogen and oxygen atoms in total. The third-order valence-electron chi connectivity index (χ3n) is 2.64. The van der Waals surface area contributed by atoms with Crippen molar-refractivity contribution in [3.63, 3.8) is 0 Å². The largest absolute Gasteiger partial charge is 0.479 e. The Kier molecular flexibility index (Phi) is 8.98. The highest BCUT2D eigenvalue weighted by molar-refractivity contribution is 6.35. The van der Waals surface area contributed by atoms with Crippen molar-refractivity contribution in [3.05, 3.63) is 28.2 Å². The molecule has 2 atom stereocenters. The summed E-state index contributed by atoms with van der Waals surface area (Å²) in [5, 5.41) is 6.73. The molecule has 1 aromatic rings. The van der Waals surface area contributed by atoms with E-state index in [1.54, 1.807) is 25.1 Å². The molecule has 0 heterocycles. The number of benzene rings is 1. The molecule has 0 aliphatic rings. The molecule has 2 N–H and O–H groups in total. The lowest BCUT2D eigenvalue weighted by molar-refractivity contribution is -0.127. The number of rotatable bonds is 6. The van der Waals surface area contributed by atoms with Crippen molar-refractivity contribution in [1.82, 2.24) is 10.6 Å². The molecule has 20 heavy (non-hydrogen) atoms. The molecule has 0 radical (unpaired) electrons. The van der Waals surface area contributed by atoms with Crippen LogP contribution in [0.4, 0.5) is 0 Å². The zero-order valence-corrected chi connectivity index (χ0v) is 13.9. The van der Waals surface area contributed by atoms with Crippen LogP contribution in [0.1, 0.15) is 13.8 Å². The van der Waals surface area contributed by atoms with Crippen LogP contribution in [0.3, 0.4) is 0 Å². The molecule has 114 valence electrons. The Morgan fingerprint density at radius 3 is 2.55 bits per heavy atom. The van der Waals surface area contributed by atoms with Crippen molar-refractivity contribution < 1.29 is 9.53 Å². The average molecular weight is 342 g/mol. The SMILES string of the molecule is CNC(C)CNC(=O)C(C)Oc1ccc(Cl)cc1Cl.Cl. The van der Waals surface area contributed by atoms with Crippen LogP contribution in [0.25, 0.3) is 0 Å². The van der Waals surface area contributed by atoms with Crippen LogP contribution in [-0.4, -0.2) is 31.6 Å². The second kappa shape index (κ2) is 9.29. The van der Waals surface area contributed by atoms with Gasteiger partial charge in [-0.15, -0.1) is 12.4 Å². The average Bonchev–Trinajstić information content (AvgIpc) is 2.38. The molecule has 0 spiro atoms. The summed E-state index contributed by atoms with van der Waals surface area (Å²) < 4.78 is 5.50. The van der Waals surface area contributed by atoms with Crippen LogP contribution in [0.15, 0.2) is 18.2 Å². The smallest absolute Gasteiger partial charge is 0.260 e. The number of carbonyl (C=O) groups excluding carboxylic acids is 1. The quantitative estimate of drug-likeness (QED) is 0.836. The summed E-state index contributed by atoms with van der Waals surface area (Å²) in [7, 11) is 1.84. The summed E-state index contributed by atoms with van der Waals surface area (Å²) in [6.45, 7) is 4.18. The predicted molar refractivity (Wildman–Crippen MR) is 85.3 cm³/mol. The van der Waals surface area contributed by atoms with E-state index in [1.807, 2.05) is 14.0 Å². The van der Waals surface area contributed by atoms with Crippen LogP contribution in [0.5, 0.6) is 5.75 Å². The van der Waals surface area contributed by atoms with Gasteiger partial charge >= 0.3 is 0 Å². The van der Waals surface area contributed by atoms with E-state index in [2.05, 4.69) is 10.6 Å². The zero-order chi connectivity index (χ0) is 14.4. The lowest BCUT2D eigenvalue weighted by Crippen LogP contribution is -2.42. The first-order valence-electron chi connectivity index (χ1n) is 6.00. The lowest BCUT2D eigenvalue weighted by atomic mass is 10.3. The maximum atomic E-state index is 11.8. The molecule has 0 bridgehead atoms. The zero-order valence-electron chi connectivity index (χ0n) is 11.6. The lowest BCUT2D eigenvalue weighted by Gasteiger charge is -2.17. The highest BCUT2D eigenvalue weighted by Gasteiger charge is 2.16. The van der Waals surface area contributed by atoms with Gasteiger partial charge in [0.15, 0.2) is 6.10 Å². The van der Waals surface area contributed by atoms with E-state index < -0.39 is 6.10 Å². The summed E-state index contributed by atoms with van der Waals surface area (Å²) >= 11 is 11.8. The number of ether oxygens (including phenoxy) is 1. The van der Waals surface area contributed by atoms with Gasteiger partial charge in [-0.25, -0.2) is 0 Å². The van der Waals surface area contributed by atoms with E-state index in [4.69, 9.17) is 27.9 Å². The van der Waals surface area contributed by atoms with Gasteiger partial charge in [0.2, 0.25) is 0 Å². The second-order valence-electron chi connectivity index (χ2n) is 4.27. The number of halogens is 3. The molecule has 1 rings (SSSR count). The molecule has 1 aromatic carbocycles. The first-order chi connectivity index (χ1) is 8.93. The predicted octanol–water partition coefficient (Wildman–Crippen LogP) is 2.91. The molecule has 0 saturated carbocycles. The monoisotopic (exact) mass is 340 g/mol. The van der Waals surface area contributed by atoms with Gasteiger partial charge in [-0.3, -0.25) is 4.79 Å². The van der Waals surface area contributed by atoms with Crippen molar-refractivity contribution >= 4 is 41.5 Å². The van der Waals surface area contributed by atoms with Gasteiger partial charge < -0.3 is 15.4 Å². The highest BCUT2D eigenvalue weighted by Crippen LogP contribution is 2.28. The number of likely N-dealkylation sites (N-methyl/N-ethyl adjacent to an activating group) is 1. The molecule has 0 aliphatic heterocycles. The van der Waals surface area contributed by atoms with Crippen molar-refractivity contribution in [2.24, 2.45) is 0 Å². The molecular weight excluding hydrogens is 323 g/mol. The first kappa shape index (κ1) is 19.3. The van der Waals surface area contributed by atoms with Gasteiger partial charge in [-0.2, -0.15) is 0 Å². The van der Waals surface area contributed by atoms with E-state index in [0.29, 0.717) is 22.3 Å². The number of hydrogen-bond acceptors (Lipinski definition) is 3. The number of amides is 1. The summed E-state index contributed by atoms with van der Waals surface area (Å²) in [4.78, 5) is 11.8. The van der Waals surface area contributed by atoms with Crippen molar-refractivity contribution in [3.8, 4) is 5.75 Å². The summed E-state index contributed by atoms with van der Waals surface area (Å²) in [6.07, 6.45) is -0.622. The third-order valence-corrected chi connectivity index (χ3v) is 3.17. The first-order valence-corrected chi connectivity index (χ1v) is 6.76. The number of nitrogens with one attached hydrogen (secondary N) is 2. The molecule has 0 aromatic heterocycles. The van der Waals surface area contributed by atoms with Crippen molar-refractivity contribution in [2.45, 2.75) is 26.0 Å². The Morgan fingerprint density at radius 2 is 2.00 bits per heavy atom. The van der Waals surface area contributed by atoms with Gasteiger partial charge in [-0.1, -0.05) is 23.2 Å². The van der Waals surface area contributed by atoms with Crippen LogP contribution in [0, 0.1) is 0 Å². The van der Waals surface area contributed by atoms with Gasteiger partial charge in [-0.05, 0) is 39.1 Å². The van der Waals surface area contributed by atoms with Crippen molar-refractivity contribution in [2.75, 3.05) is 13.6 Å². The van der Waals surface area contributed by atoms with E-state index in [-0.39, 0.29) is 24.4 Å². The Hall–Kier alpha value is -0.680. The molecule has 1 amide bonds. The van der Waals surface area contributed by atoms with Crippen LogP contribution in [0.2, 0.25) is 10.0 Å². The van der Waals surface area contributed by atoms with E-state index in [9.17, 15) is 4.79 Å². The Bertz CT molecular complexity index is 444. The molecule has 0 aliphatic carbocycles. The Morgan fingerprint density at radius 1 is 1.35 bits per heavy atom. The van der Waals surface area contributed by atoms with Gasteiger partial charge in [0, 0.05) is 17.6 Å². The summed E-state index contributed by atoms with van der Waals surface area (Å²) in [5.74, 6) is 0.253. The fourth-order valence-electron chi connectivity index (χ4n) is 1.31. The normalized spacial score (nSPS) is 13.1. The summed E-state index contributed by atoms with van der Waals surface area (Å²) in [6, 6.07) is 5.09. The molecular formula is C13H19Cl3N2O2. The maximum absolute atomic E-state index is 11.8. The van der Waals surface area contributed by atoms with E-state index >= 15 is 0 Å². The van der Waals surface area contributed by atoms with Crippen LogP contribution in [-0.2, 0) is 4.79 Å². The number of hydrogen-bond donors (Lipinski definition) is 2. The fraction of sp³-hybridized carbons (Fsp3) is 0.462. The van der Waals surface area contributed by atoms with Gasteiger partial charge in [0.25, 0.3) is 5.91 Å². The minimum atomic E-state index is -0.622. The Labute approximate surface area is 135 Å². The standard InChI is InChI=1S/C13H18Cl2N2O2.ClH/c1-8(16-3)7-17-13(18)9(2)19-12-5-4-10(14)6-11(12)15;/h4-6,8-9,16H,7H2,1-3H3,(H,17,18);1H. The molecule has 2 unspecified atom stereocenters. The second-order valence-corrected chi connectivity index (χ2v) is 5.11.